The van der Waals surface area contributed by atoms with Crippen molar-refractivity contribution in [3.63, 3.8) is 0 Å². The molecule has 0 bridgehead atoms. The molecule has 1 fully saturated rings. The summed E-state index contributed by atoms with van der Waals surface area (Å²) >= 11 is 0. The van der Waals surface area contributed by atoms with E-state index in [1.807, 2.05) is 6.07 Å². The van der Waals surface area contributed by atoms with Crippen LogP contribution in [-0.2, 0) is 10.0 Å². The van der Waals surface area contributed by atoms with Crippen LogP contribution >= 0.6 is 0 Å². The number of aromatic nitrogens is 1. The van der Waals surface area contributed by atoms with Crippen LogP contribution in [0, 0.1) is 0 Å². The number of nitrogens with zero attached hydrogens (tertiary/aromatic N) is 2. The van der Waals surface area contributed by atoms with E-state index < -0.39 is 10.0 Å². The van der Waals surface area contributed by atoms with E-state index in [1.54, 1.807) is 42.6 Å². The summed E-state index contributed by atoms with van der Waals surface area (Å²) in [6, 6.07) is 11.9. The number of benzene rings is 2. The lowest BCUT2D eigenvalue weighted by molar-refractivity contribution is 0.102. The van der Waals surface area contributed by atoms with Gasteiger partial charge in [0, 0.05) is 29.2 Å². The van der Waals surface area contributed by atoms with Crippen molar-refractivity contribution >= 4 is 38.3 Å². The molecule has 0 radical (unpaired) electrons. The maximum atomic E-state index is 12.5. The molecule has 1 saturated heterocycles. The van der Waals surface area contributed by atoms with Crippen LogP contribution in [0.2, 0.25) is 0 Å². The molecule has 2 aromatic carbocycles. The van der Waals surface area contributed by atoms with Crippen molar-refractivity contribution in [1.29, 1.82) is 0 Å². The zero-order valence-electron chi connectivity index (χ0n) is 14.6. The Labute approximate surface area is 157 Å². The Kier molecular flexibility index (Phi) is 4.57. The molecule has 1 N–H and O–H groups in total. The molecule has 2 heterocycles. The second-order valence-corrected chi connectivity index (χ2v) is 8.54. The highest BCUT2D eigenvalue weighted by molar-refractivity contribution is 7.92. The van der Waals surface area contributed by atoms with Crippen molar-refractivity contribution in [2.75, 3.05) is 21.9 Å². The van der Waals surface area contributed by atoms with Crippen molar-refractivity contribution in [3.05, 3.63) is 54.2 Å². The summed E-state index contributed by atoms with van der Waals surface area (Å²) in [5.74, 6) is -0.113. The lowest BCUT2D eigenvalue weighted by atomic mass is 10.1. The SMILES string of the molecule is O=C(Nc1ccc2cnoc2c1)c1ccc(N2CCCCCS2(=O)=O)cc1. The highest BCUT2D eigenvalue weighted by Gasteiger charge is 2.24. The lowest BCUT2D eigenvalue weighted by Gasteiger charge is -2.22. The molecule has 0 saturated carbocycles. The summed E-state index contributed by atoms with van der Waals surface area (Å²) in [5, 5.41) is 7.37. The third-order valence-electron chi connectivity index (χ3n) is 4.63. The minimum Gasteiger partial charge on any atom is -0.356 e. The van der Waals surface area contributed by atoms with E-state index in [9.17, 15) is 13.2 Å². The van der Waals surface area contributed by atoms with Gasteiger partial charge in [-0.3, -0.25) is 9.10 Å². The zero-order valence-corrected chi connectivity index (χ0v) is 15.4. The number of rotatable bonds is 3. The summed E-state index contributed by atoms with van der Waals surface area (Å²) in [5.41, 5.74) is 2.23. The van der Waals surface area contributed by atoms with Gasteiger partial charge in [0.25, 0.3) is 5.91 Å². The number of carbonyl (C=O) groups excluding carboxylic acids is 1. The number of sulfonamides is 1. The third-order valence-corrected chi connectivity index (χ3v) is 6.50. The van der Waals surface area contributed by atoms with Crippen molar-refractivity contribution in [2.24, 2.45) is 0 Å². The number of hydrogen-bond donors (Lipinski definition) is 1. The topological polar surface area (TPSA) is 92.5 Å². The number of hydrogen-bond acceptors (Lipinski definition) is 5. The first-order valence-corrected chi connectivity index (χ1v) is 10.4. The molecule has 1 amide bonds. The smallest absolute Gasteiger partial charge is 0.255 e. The molecule has 7 nitrogen and oxygen atoms in total. The van der Waals surface area contributed by atoms with Crippen LogP contribution in [0.3, 0.4) is 0 Å². The van der Waals surface area contributed by atoms with E-state index in [4.69, 9.17) is 4.52 Å². The van der Waals surface area contributed by atoms with Gasteiger partial charge in [-0.2, -0.15) is 0 Å². The second-order valence-electron chi connectivity index (χ2n) is 6.53. The fourth-order valence-electron chi connectivity index (χ4n) is 3.18. The fraction of sp³-hybridized carbons (Fsp3) is 0.263. The number of anilines is 2. The minimum atomic E-state index is -3.29. The number of carbonyl (C=O) groups is 1. The van der Waals surface area contributed by atoms with E-state index in [-0.39, 0.29) is 11.7 Å². The number of fused-ring (bicyclic) bond motifs is 1. The van der Waals surface area contributed by atoms with Crippen LogP contribution in [0.15, 0.2) is 53.2 Å². The molecule has 4 rings (SSSR count). The second kappa shape index (κ2) is 7.03. The fourth-order valence-corrected chi connectivity index (χ4v) is 4.82. The Balaban J connectivity index is 1.51. The maximum absolute atomic E-state index is 12.5. The Morgan fingerprint density at radius 3 is 2.70 bits per heavy atom. The highest BCUT2D eigenvalue weighted by atomic mass is 32.2. The van der Waals surface area contributed by atoms with Gasteiger partial charge in [0.15, 0.2) is 5.58 Å². The monoisotopic (exact) mass is 385 g/mol. The van der Waals surface area contributed by atoms with Gasteiger partial charge in [-0.15, -0.1) is 0 Å². The molecule has 3 aromatic rings. The van der Waals surface area contributed by atoms with Crippen molar-refractivity contribution < 1.29 is 17.7 Å². The van der Waals surface area contributed by atoms with Gasteiger partial charge in [-0.05, 0) is 49.2 Å². The van der Waals surface area contributed by atoms with E-state index in [1.165, 1.54) is 4.31 Å². The van der Waals surface area contributed by atoms with Crippen LogP contribution in [0.1, 0.15) is 29.6 Å². The van der Waals surface area contributed by atoms with E-state index in [0.717, 1.165) is 18.2 Å². The van der Waals surface area contributed by atoms with Crippen molar-refractivity contribution in [2.45, 2.75) is 19.3 Å². The standard InChI is InChI=1S/C19H19N3O4S/c23-19(21-16-7-4-15-13-20-26-18(15)12-16)14-5-8-17(9-6-14)22-10-2-1-3-11-27(22,24)25/h4-9,12-13H,1-3,10-11H2,(H,21,23). The van der Waals surface area contributed by atoms with Crippen LogP contribution in [0.4, 0.5) is 11.4 Å². The number of amides is 1. The van der Waals surface area contributed by atoms with Gasteiger partial charge in [0.1, 0.15) is 0 Å². The Morgan fingerprint density at radius 1 is 1.07 bits per heavy atom. The quantitative estimate of drug-likeness (QED) is 0.746. The molecule has 0 atom stereocenters. The lowest BCUT2D eigenvalue weighted by Crippen LogP contribution is -2.32. The van der Waals surface area contributed by atoms with Gasteiger partial charge in [0.05, 0.1) is 17.6 Å². The predicted octanol–water partition coefficient (Wildman–Crippen LogP) is 3.40. The van der Waals surface area contributed by atoms with Gasteiger partial charge < -0.3 is 9.84 Å². The third kappa shape index (κ3) is 3.66. The van der Waals surface area contributed by atoms with Crippen LogP contribution in [0.25, 0.3) is 11.0 Å². The van der Waals surface area contributed by atoms with Gasteiger partial charge >= 0.3 is 0 Å². The van der Waals surface area contributed by atoms with Gasteiger partial charge in [-0.25, -0.2) is 8.42 Å². The predicted molar refractivity (Wildman–Crippen MR) is 103 cm³/mol. The van der Waals surface area contributed by atoms with E-state index in [2.05, 4.69) is 10.5 Å². The van der Waals surface area contributed by atoms with E-state index in [0.29, 0.717) is 35.5 Å². The first-order chi connectivity index (χ1) is 13.0. The first kappa shape index (κ1) is 17.5. The largest absolute Gasteiger partial charge is 0.356 e. The average molecular weight is 385 g/mol. The number of nitrogens with one attached hydrogen (secondary N) is 1. The Morgan fingerprint density at radius 2 is 1.89 bits per heavy atom. The summed E-state index contributed by atoms with van der Waals surface area (Å²) < 4.78 is 31.3. The van der Waals surface area contributed by atoms with Crippen molar-refractivity contribution in [1.82, 2.24) is 5.16 Å². The van der Waals surface area contributed by atoms with Crippen molar-refractivity contribution in [3.8, 4) is 0 Å². The summed E-state index contributed by atoms with van der Waals surface area (Å²) in [7, 11) is -3.29. The summed E-state index contributed by atoms with van der Waals surface area (Å²) in [4.78, 5) is 12.5. The van der Waals surface area contributed by atoms with Gasteiger partial charge in [-0.1, -0.05) is 11.6 Å². The molecule has 0 aliphatic carbocycles. The van der Waals surface area contributed by atoms with E-state index >= 15 is 0 Å². The molecular formula is C19H19N3O4S. The highest BCUT2D eigenvalue weighted by Crippen LogP contribution is 2.24. The normalized spacial score (nSPS) is 16.8. The zero-order chi connectivity index (χ0) is 18.9. The molecule has 0 spiro atoms. The van der Waals surface area contributed by atoms with Crippen LogP contribution < -0.4 is 9.62 Å². The van der Waals surface area contributed by atoms with Gasteiger partial charge in [0.2, 0.25) is 10.0 Å². The maximum Gasteiger partial charge on any atom is 0.255 e. The Bertz CT molecular complexity index is 1070. The molecular weight excluding hydrogens is 366 g/mol. The molecule has 1 aromatic heterocycles. The Hall–Kier alpha value is -2.87. The molecule has 1 aliphatic heterocycles. The average Bonchev–Trinajstić information content (AvgIpc) is 3.04. The minimum absolute atomic E-state index is 0.166. The summed E-state index contributed by atoms with van der Waals surface area (Å²) in [6.07, 6.45) is 4.04. The molecule has 140 valence electrons. The molecule has 8 heteroatoms. The van der Waals surface area contributed by atoms with Crippen LogP contribution in [-0.4, -0.2) is 31.8 Å². The molecule has 27 heavy (non-hydrogen) atoms. The van der Waals surface area contributed by atoms with Crippen LogP contribution in [0.5, 0.6) is 0 Å². The first-order valence-electron chi connectivity index (χ1n) is 8.79. The molecule has 0 unspecified atom stereocenters. The molecule has 1 aliphatic rings. The summed E-state index contributed by atoms with van der Waals surface area (Å²) in [6.45, 7) is 0.477.